The minimum Gasteiger partial charge on any atom is -0.496 e. The normalized spacial score (nSPS) is 14.7. The van der Waals surface area contributed by atoms with E-state index in [2.05, 4.69) is 5.32 Å². The lowest BCUT2D eigenvalue weighted by molar-refractivity contribution is 0.0695. The van der Waals surface area contributed by atoms with Gasteiger partial charge in [-0.3, -0.25) is 4.79 Å². The van der Waals surface area contributed by atoms with Crippen molar-refractivity contribution >= 4 is 12.0 Å². The molecule has 2 rings (SSSR count). The maximum atomic E-state index is 12.9. The first-order chi connectivity index (χ1) is 12.6. The zero-order chi connectivity index (χ0) is 18.9. The van der Waals surface area contributed by atoms with Crippen molar-refractivity contribution < 1.29 is 23.8 Å². The molecule has 0 aliphatic carbocycles. The molecule has 1 aliphatic rings. The number of benzene rings is 1. The molecule has 0 bridgehead atoms. The van der Waals surface area contributed by atoms with Gasteiger partial charge in [-0.1, -0.05) is 19.4 Å². The van der Waals surface area contributed by atoms with E-state index < -0.39 is 0 Å². The molecule has 0 aromatic heterocycles. The summed E-state index contributed by atoms with van der Waals surface area (Å²) in [5.41, 5.74) is 0.433. The van der Waals surface area contributed by atoms with Crippen molar-refractivity contribution in [1.29, 1.82) is 0 Å². The molecule has 0 radical (unpaired) electrons. The highest BCUT2D eigenvalue weighted by Crippen LogP contribution is 2.30. The Morgan fingerprint density at radius 2 is 1.77 bits per heavy atom. The summed E-state index contributed by atoms with van der Waals surface area (Å²) in [4.78, 5) is 26.4. The quantitative estimate of drug-likeness (QED) is 0.753. The molecule has 0 unspecified atom stereocenters. The summed E-state index contributed by atoms with van der Waals surface area (Å²) in [5, 5.41) is 2.87. The van der Waals surface area contributed by atoms with E-state index in [-0.39, 0.29) is 18.0 Å². The van der Waals surface area contributed by atoms with Crippen LogP contribution >= 0.6 is 0 Å². The third kappa shape index (κ3) is 5.03. The highest BCUT2D eigenvalue weighted by molar-refractivity contribution is 5.99. The zero-order valence-electron chi connectivity index (χ0n) is 15.7. The van der Waals surface area contributed by atoms with Gasteiger partial charge in [-0.25, -0.2) is 4.79 Å². The van der Waals surface area contributed by atoms with Crippen LogP contribution in [0.1, 0.15) is 43.0 Å². The van der Waals surface area contributed by atoms with Gasteiger partial charge in [0, 0.05) is 19.1 Å². The third-order valence-electron chi connectivity index (χ3n) is 4.48. The van der Waals surface area contributed by atoms with E-state index in [0.29, 0.717) is 49.6 Å². The lowest BCUT2D eigenvalue weighted by atomic mass is 10.0. The van der Waals surface area contributed by atoms with Gasteiger partial charge in [0.05, 0.1) is 20.8 Å². The number of nitrogens with one attached hydrogen (secondary N) is 1. The molecule has 0 atom stereocenters. The van der Waals surface area contributed by atoms with Crippen LogP contribution in [0.15, 0.2) is 18.2 Å². The van der Waals surface area contributed by atoms with Gasteiger partial charge in [0.1, 0.15) is 17.1 Å². The molecule has 7 heteroatoms. The molecule has 1 fully saturated rings. The van der Waals surface area contributed by atoms with Gasteiger partial charge >= 0.3 is 6.09 Å². The van der Waals surface area contributed by atoms with Gasteiger partial charge in [-0.2, -0.15) is 0 Å². The summed E-state index contributed by atoms with van der Waals surface area (Å²) in [7, 11) is 3.07. The van der Waals surface area contributed by atoms with Crippen LogP contribution in [0.4, 0.5) is 4.79 Å². The maximum absolute atomic E-state index is 12.9. The first-order valence-corrected chi connectivity index (χ1v) is 9.04. The third-order valence-corrected chi connectivity index (χ3v) is 4.48. The van der Waals surface area contributed by atoms with Crippen LogP contribution < -0.4 is 14.8 Å². The van der Waals surface area contributed by atoms with E-state index in [1.165, 1.54) is 14.2 Å². The number of carbonyl (C=O) groups excluding carboxylic acids is 2. The average molecular weight is 364 g/mol. The van der Waals surface area contributed by atoms with Crippen LogP contribution in [0, 0.1) is 0 Å². The van der Waals surface area contributed by atoms with Crippen LogP contribution in [0.5, 0.6) is 11.5 Å². The van der Waals surface area contributed by atoms with Crippen LogP contribution in [0.3, 0.4) is 0 Å². The molecule has 2 amide bonds. The van der Waals surface area contributed by atoms with Gasteiger partial charge in [0.2, 0.25) is 0 Å². The van der Waals surface area contributed by atoms with Crippen molar-refractivity contribution in [3.8, 4) is 11.5 Å². The summed E-state index contributed by atoms with van der Waals surface area (Å²) >= 11 is 0. The first kappa shape index (κ1) is 19.9. The van der Waals surface area contributed by atoms with E-state index in [4.69, 9.17) is 14.2 Å². The zero-order valence-corrected chi connectivity index (χ0v) is 15.7. The van der Waals surface area contributed by atoms with Crippen molar-refractivity contribution in [2.24, 2.45) is 0 Å². The summed E-state index contributed by atoms with van der Waals surface area (Å²) in [5.74, 6) is 0.867. The van der Waals surface area contributed by atoms with Crippen molar-refractivity contribution in [1.82, 2.24) is 10.2 Å². The second kappa shape index (κ2) is 9.89. The molecule has 1 aliphatic heterocycles. The summed E-state index contributed by atoms with van der Waals surface area (Å²) in [6.07, 6.45) is 2.84. The van der Waals surface area contributed by atoms with E-state index >= 15 is 0 Å². The number of rotatable bonds is 7. The predicted octanol–water partition coefficient (Wildman–Crippen LogP) is 2.83. The highest BCUT2D eigenvalue weighted by Gasteiger charge is 2.28. The van der Waals surface area contributed by atoms with Gasteiger partial charge in [0.15, 0.2) is 0 Å². The van der Waals surface area contributed by atoms with Crippen LogP contribution in [0.2, 0.25) is 0 Å². The summed E-state index contributed by atoms with van der Waals surface area (Å²) in [6, 6.07) is 5.30. The van der Waals surface area contributed by atoms with Crippen molar-refractivity contribution in [2.75, 3.05) is 33.9 Å². The van der Waals surface area contributed by atoms with E-state index in [9.17, 15) is 9.59 Å². The largest absolute Gasteiger partial charge is 0.496 e. The molecule has 1 aromatic rings. The molecular weight excluding hydrogens is 336 g/mol. The number of ether oxygens (including phenoxy) is 3. The lowest BCUT2D eigenvalue weighted by Crippen LogP contribution is -2.46. The number of carbonyl (C=O) groups is 2. The van der Waals surface area contributed by atoms with Crippen LogP contribution in [-0.4, -0.2) is 56.9 Å². The maximum Gasteiger partial charge on any atom is 0.407 e. The molecule has 7 nitrogen and oxygen atoms in total. The van der Waals surface area contributed by atoms with E-state index in [1.807, 2.05) is 6.92 Å². The van der Waals surface area contributed by atoms with Crippen LogP contribution in [0.25, 0.3) is 0 Å². The molecule has 0 saturated carbocycles. The highest BCUT2D eigenvalue weighted by atomic mass is 16.5. The average Bonchev–Trinajstić information content (AvgIpc) is 2.67. The molecule has 1 heterocycles. The number of unbranched alkanes of at least 4 members (excludes halogenated alkanes) is 1. The second-order valence-corrected chi connectivity index (χ2v) is 6.24. The minimum absolute atomic E-state index is 0.0211. The Morgan fingerprint density at radius 1 is 1.15 bits per heavy atom. The van der Waals surface area contributed by atoms with Crippen molar-refractivity contribution in [3.63, 3.8) is 0 Å². The molecule has 1 N–H and O–H groups in total. The Hall–Kier alpha value is -2.44. The van der Waals surface area contributed by atoms with Crippen LogP contribution in [-0.2, 0) is 4.74 Å². The minimum atomic E-state index is -0.380. The first-order valence-electron chi connectivity index (χ1n) is 9.04. The molecule has 1 aromatic carbocycles. The number of alkyl carbamates (subject to hydrolysis) is 1. The Bertz CT molecular complexity index is 590. The fraction of sp³-hybridized carbons (Fsp3) is 0.579. The van der Waals surface area contributed by atoms with Crippen molar-refractivity contribution in [3.05, 3.63) is 23.8 Å². The fourth-order valence-electron chi connectivity index (χ4n) is 2.96. The number of amides is 2. The molecule has 0 spiro atoms. The van der Waals surface area contributed by atoms with E-state index in [0.717, 1.165) is 12.8 Å². The molecule has 1 saturated heterocycles. The molecular formula is C19H28N2O5. The Morgan fingerprint density at radius 3 is 2.31 bits per heavy atom. The second-order valence-electron chi connectivity index (χ2n) is 6.24. The fourth-order valence-corrected chi connectivity index (χ4v) is 2.96. The predicted molar refractivity (Wildman–Crippen MR) is 97.9 cm³/mol. The summed E-state index contributed by atoms with van der Waals surface area (Å²) < 4.78 is 15.8. The molecule has 26 heavy (non-hydrogen) atoms. The number of piperidine rings is 1. The van der Waals surface area contributed by atoms with Crippen molar-refractivity contribution in [2.45, 2.75) is 38.6 Å². The number of nitrogens with zero attached hydrogens (tertiary/aromatic N) is 1. The standard InChI is InChI=1S/C19H28N2O5/c1-4-5-13-26-19(23)20-14-9-11-21(12-10-14)18(22)17-15(24-2)7-6-8-16(17)25-3/h6-8,14H,4-5,9-13H2,1-3H3,(H,20,23). The SMILES string of the molecule is CCCCOC(=O)NC1CCN(C(=O)c2c(OC)cccc2OC)CC1. The van der Waals surface area contributed by atoms with Gasteiger partial charge < -0.3 is 24.4 Å². The van der Waals surface area contributed by atoms with Gasteiger partial charge in [0.25, 0.3) is 5.91 Å². The van der Waals surface area contributed by atoms with Gasteiger partial charge in [-0.05, 0) is 31.4 Å². The number of hydrogen-bond donors (Lipinski definition) is 1. The monoisotopic (exact) mass is 364 g/mol. The Kier molecular flexibility index (Phi) is 7.56. The van der Waals surface area contributed by atoms with Gasteiger partial charge in [-0.15, -0.1) is 0 Å². The molecule has 144 valence electrons. The topological polar surface area (TPSA) is 77.1 Å². The number of hydrogen-bond acceptors (Lipinski definition) is 5. The Balaban J connectivity index is 1.92. The number of likely N-dealkylation sites (tertiary alicyclic amines) is 1. The lowest BCUT2D eigenvalue weighted by Gasteiger charge is -2.32. The smallest absolute Gasteiger partial charge is 0.407 e. The number of methoxy groups -OCH3 is 2. The Labute approximate surface area is 154 Å². The van der Waals surface area contributed by atoms with E-state index in [1.54, 1.807) is 23.1 Å². The summed E-state index contributed by atoms with van der Waals surface area (Å²) in [6.45, 7) is 3.60.